The number of carbonyl (C=O) groups is 1. The normalized spacial score (nSPS) is 14.4. The number of nitrogens with one attached hydrogen (secondary N) is 1. The van der Waals surface area contributed by atoms with Crippen molar-refractivity contribution in [1.29, 1.82) is 0 Å². The lowest BCUT2D eigenvalue weighted by Crippen LogP contribution is -2.54. The molecule has 0 bridgehead atoms. The largest absolute Gasteiger partial charge is 0.480 e. The molecule has 1 heterocycles. The van der Waals surface area contributed by atoms with E-state index in [0.717, 1.165) is 17.1 Å². The average Bonchev–Trinajstić information content (AvgIpc) is 2.78. The van der Waals surface area contributed by atoms with E-state index < -0.39 is 11.5 Å². The second kappa shape index (κ2) is 7.69. The van der Waals surface area contributed by atoms with Crippen molar-refractivity contribution in [2.45, 2.75) is 56.5 Å². The number of carboxylic acid groups (broad SMARTS) is 1. The van der Waals surface area contributed by atoms with E-state index in [4.69, 9.17) is 0 Å². The van der Waals surface area contributed by atoms with Crippen LogP contribution >= 0.6 is 11.8 Å². The van der Waals surface area contributed by atoms with Gasteiger partial charge in [-0.2, -0.15) is 5.10 Å². The van der Waals surface area contributed by atoms with Crippen molar-refractivity contribution in [1.82, 2.24) is 15.1 Å². The summed E-state index contributed by atoms with van der Waals surface area (Å²) in [4.78, 5) is 12.7. The molecule has 114 valence electrons. The van der Waals surface area contributed by atoms with Crippen molar-refractivity contribution in [3.8, 4) is 0 Å². The maximum atomic E-state index is 11.6. The van der Waals surface area contributed by atoms with E-state index in [0.29, 0.717) is 12.8 Å². The second-order valence-electron chi connectivity index (χ2n) is 5.34. The van der Waals surface area contributed by atoms with Crippen molar-refractivity contribution in [2.75, 3.05) is 5.75 Å². The molecule has 0 amide bonds. The van der Waals surface area contributed by atoms with Crippen molar-refractivity contribution in [3.63, 3.8) is 0 Å². The van der Waals surface area contributed by atoms with E-state index in [1.165, 1.54) is 0 Å². The monoisotopic (exact) mass is 299 g/mol. The third-order valence-electron chi connectivity index (χ3n) is 3.28. The van der Waals surface area contributed by atoms with Gasteiger partial charge in [-0.15, -0.1) is 11.8 Å². The van der Waals surface area contributed by atoms with Gasteiger partial charge in [0.15, 0.2) is 0 Å². The van der Waals surface area contributed by atoms with Gasteiger partial charge < -0.3 is 5.11 Å². The first kappa shape index (κ1) is 17.0. The maximum Gasteiger partial charge on any atom is 0.323 e. The van der Waals surface area contributed by atoms with Gasteiger partial charge in [-0.1, -0.05) is 6.92 Å². The maximum absolute atomic E-state index is 11.6. The van der Waals surface area contributed by atoms with Gasteiger partial charge in [0.2, 0.25) is 0 Å². The van der Waals surface area contributed by atoms with E-state index in [2.05, 4.69) is 10.4 Å². The van der Waals surface area contributed by atoms with Gasteiger partial charge in [-0.05, 0) is 38.9 Å². The summed E-state index contributed by atoms with van der Waals surface area (Å²) in [6.45, 7) is 5.90. The molecule has 5 nitrogen and oxygen atoms in total. The number of aliphatic carboxylic acids is 1. The van der Waals surface area contributed by atoms with Gasteiger partial charge in [-0.25, -0.2) is 0 Å². The molecule has 2 N–H and O–H groups in total. The predicted octanol–water partition coefficient (Wildman–Crippen LogP) is 2.52. The van der Waals surface area contributed by atoms with E-state index in [1.807, 2.05) is 40.2 Å². The summed E-state index contributed by atoms with van der Waals surface area (Å²) in [5, 5.41) is 16.8. The first-order chi connectivity index (χ1) is 9.39. The molecule has 0 aliphatic carbocycles. The Morgan fingerprint density at radius 2 is 2.30 bits per heavy atom. The number of hydrogen-bond acceptors (Lipinski definition) is 4. The lowest BCUT2D eigenvalue weighted by molar-refractivity contribution is -0.145. The summed E-state index contributed by atoms with van der Waals surface area (Å²) in [5.74, 6) is 0.153. The number of hydrogen-bond donors (Lipinski definition) is 2. The summed E-state index contributed by atoms with van der Waals surface area (Å²) in [5.41, 5.74) is -0.802. The third kappa shape index (κ3) is 4.83. The highest BCUT2D eigenvalue weighted by molar-refractivity contribution is 7.99. The SMILES string of the molecule is CCC(CCCSc1cnn(C)c1)(NC(C)C)C(=O)O. The predicted molar refractivity (Wildman–Crippen MR) is 82.1 cm³/mol. The summed E-state index contributed by atoms with van der Waals surface area (Å²) in [6.07, 6.45) is 5.91. The van der Waals surface area contributed by atoms with Crippen LogP contribution in [0.15, 0.2) is 17.3 Å². The molecule has 1 aromatic rings. The van der Waals surface area contributed by atoms with E-state index in [1.54, 1.807) is 16.4 Å². The molecular formula is C14H25N3O2S. The lowest BCUT2D eigenvalue weighted by Gasteiger charge is -2.31. The van der Waals surface area contributed by atoms with E-state index in [9.17, 15) is 9.90 Å². The fourth-order valence-corrected chi connectivity index (χ4v) is 3.13. The highest BCUT2D eigenvalue weighted by atomic mass is 32.2. The van der Waals surface area contributed by atoms with Crippen molar-refractivity contribution < 1.29 is 9.90 Å². The zero-order valence-corrected chi connectivity index (χ0v) is 13.5. The van der Waals surface area contributed by atoms with Crippen LogP contribution in [0.2, 0.25) is 0 Å². The summed E-state index contributed by atoms with van der Waals surface area (Å²) < 4.78 is 1.77. The molecule has 1 rings (SSSR count). The molecule has 0 saturated carbocycles. The number of carboxylic acids is 1. The van der Waals surface area contributed by atoms with Crippen molar-refractivity contribution in [2.24, 2.45) is 7.05 Å². The fourth-order valence-electron chi connectivity index (χ4n) is 2.26. The molecule has 20 heavy (non-hydrogen) atoms. The Balaban J connectivity index is 2.48. The number of thioether (sulfide) groups is 1. The molecule has 1 atom stereocenters. The molecule has 0 saturated heterocycles. The summed E-state index contributed by atoms with van der Waals surface area (Å²) >= 11 is 1.72. The molecule has 1 unspecified atom stereocenters. The third-order valence-corrected chi connectivity index (χ3v) is 4.31. The Kier molecular flexibility index (Phi) is 6.55. The number of nitrogens with zero attached hydrogens (tertiary/aromatic N) is 2. The molecule has 0 radical (unpaired) electrons. The van der Waals surface area contributed by atoms with Crippen LogP contribution in [0.4, 0.5) is 0 Å². The Morgan fingerprint density at radius 3 is 2.75 bits per heavy atom. The van der Waals surface area contributed by atoms with Gasteiger partial charge in [0.1, 0.15) is 5.54 Å². The highest BCUT2D eigenvalue weighted by Gasteiger charge is 2.36. The molecular weight excluding hydrogens is 274 g/mol. The first-order valence-electron chi connectivity index (χ1n) is 7.02. The van der Waals surface area contributed by atoms with Crippen LogP contribution in [0.25, 0.3) is 0 Å². The van der Waals surface area contributed by atoms with Gasteiger partial charge in [0.25, 0.3) is 0 Å². The molecule has 1 aromatic heterocycles. The van der Waals surface area contributed by atoms with Crippen LogP contribution in [0.3, 0.4) is 0 Å². The number of aryl methyl sites for hydroxylation is 1. The summed E-state index contributed by atoms with van der Waals surface area (Å²) in [7, 11) is 1.89. The quantitative estimate of drug-likeness (QED) is 0.542. The zero-order chi connectivity index (χ0) is 15.2. The fraction of sp³-hybridized carbons (Fsp3) is 0.714. The second-order valence-corrected chi connectivity index (χ2v) is 6.51. The van der Waals surface area contributed by atoms with Crippen LogP contribution < -0.4 is 5.32 Å². The molecule has 0 aliphatic rings. The Bertz CT molecular complexity index is 434. The van der Waals surface area contributed by atoms with Gasteiger partial charge in [-0.3, -0.25) is 14.8 Å². The first-order valence-corrected chi connectivity index (χ1v) is 8.00. The number of rotatable bonds is 9. The van der Waals surface area contributed by atoms with Crippen LogP contribution in [0.5, 0.6) is 0 Å². The van der Waals surface area contributed by atoms with Crippen LogP contribution in [0, 0.1) is 0 Å². The minimum absolute atomic E-state index is 0.164. The smallest absolute Gasteiger partial charge is 0.323 e. The van der Waals surface area contributed by atoms with Crippen molar-refractivity contribution in [3.05, 3.63) is 12.4 Å². The molecule has 0 aliphatic heterocycles. The topological polar surface area (TPSA) is 67.2 Å². The lowest BCUT2D eigenvalue weighted by atomic mass is 9.90. The minimum atomic E-state index is -0.802. The van der Waals surface area contributed by atoms with Crippen LogP contribution in [-0.4, -0.2) is 38.2 Å². The standard InChI is InChI=1S/C14H25N3O2S/c1-5-14(13(18)19,16-11(2)3)7-6-8-20-12-9-15-17(4)10-12/h9-11,16H,5-8H2,1-4H3,(H,18,19). The Labute approximate surface area is 125 Å². The van der Waals surface area contributed by atoms with Gasteiger partial charge >= 0.3 is 5.97 Å². The van der Waals surface area contributed by atoms with Crippen LogP contribution in [-0.2, 0) is 11.8 Å². The van der Waals surface area contributed by atoms with Crippen molar-refractivity contribution >= 4 is 17.7 Å². The van der Waals surface area contributed by atoms with E-state index >= 15 is 0 Å². The van der Waals surface area contributed by atoms with Gasteiger partial charge in [0, 0.05) is 24.2 Å². The minimum Gasteiger partial charge on any atom is -0.480 e. The molecule has 6 heteroatoms. The molecule has 0 aromatic carbocycles. The molecule has 0 spiro atoms. The average molecular weight is 299 g/mol. The van der Waals surface area contributed by atoms with E-state index in [-0.39, 0.29) is 6.04 Å². The number of aromatic nitrogens is 2. The zero-order valence-electron chi connectivity index (χ0n) is 12.7. The molecule has 0 fully saturated rings. The Morgan fingerprint density at radius 1 is 1.60 bits per heavy atom. The Hall–Kier alpha value is -1.01. The highest BCUT2D eigenvalue weighted by Crippen LogP contribution is 2.23. The summed E-state index contributed by atoms with van der Waals surface area (Å²) in [6, 6.07) is 0.164. The van der Waals surface area contributed by atoms with Gasteiger partial charge in [0.05, 0.1) is 6.20 Å². The van der Waals surface area contributed by atoms with Crippen LogP contribution in [0.1, 0.15) is 40.0 Å².